The Morgan fingerprint density at radius 2 is 2.16 bits per heavy atom. The van der Waals surface area contributed by atoms with E-state index in [1.807, 2.05) is 37.3 Å². The fourth-order valence-corrected chi connectivity index (χ4v) is 3.29. The second-order valence-corrected chi connectivity index (χ2v) is 6.48. The maximum atomic E-state index is 11.9. The third-order valence-corrected chi connectivity index (χ3v) is 4.51. The zero-order valence-electron chi connectivity index (χ0n) is 14.5. The normalized spacial score (nSPS) is 19.4. The van der Waals surface area contributed by atoms with Gasteiger partial charge in [0.1, 0.15) is 0 Å². The molecule has 1 aromatic carbocycles. The first-order valence-corrected chi connectivity index (χ1v) is 8.77. The highest BCUT2D eigenvalue weighted by Crippen LogP contribution is 2.18. The van der Waals surface area contributed by atoms with Gasteiger partial charge in [0.25, 0.3) is 0 Å². The molecule has 3 rings (SSSR count). The number of hydrogen-bond acceptors (Lipinski definition) is 6. The molecule has 1 saturated heterocycles. The standard InChI is InChI=1S/C18H25N3O4/c1-2-24-13-14-8-9-20(10-14)11-16(22)12-21-17(19-25-18(21)23)15-6-4-3-5-7-15/h3-7,14,16,22H,2,8-13H2,1H3. The van der Waals surface area contributed by atoms with Crippen LogP contribution in [0.15, 0.2) is 39.6 Å². The van der Waals surface area contributed by atoms with Crippen LogP contribution >= 0.6 is 0 Å². The van der Waals surface area contributed by atoms with Gasteiger partial charge in [0.2, 0.25) is 0 Å². The van der Waals surface area contributed by atoms with Gasteiger partial charge < -0.3 is 14.7 Å². The first-order valence-electron chi connectivity index (χ1n) is 8.77. The lowest BCUT2D eigenvalue weighted by Crippen LogP contribution is -2.35. The largest absolute Gasteiger partial charge is 0.441 e. The molecule has 0 radical (unpaired) electrons. The van der Waals surface area contributed by atoms with Gasteiger partial charge in [-0.2, -0.15) is 0 Å². The van der Waals surface area contributed by atoms with E-state index in [1.165, 1.54) is 4.57 Å². The number of β-amino-alcohol motifs (C(OH)–C–C–N with tert-alkyl or cyclic N) is 1. The van der Waals surface area contributed by atoms with Crippen molar-refractivity contribution in [2.24, 2.45) is 5.92 Å². The molecule has 0 saturated carbocycles. The van der Waals surface area contributed by atoms with Gasteiger partial charge >= 0.3 is 5.76 Å². The summed E-state index contributed by atoms with van der Waals surface area (Å²) < 4.78 is 11.7. The van der Waals surface area contributed by atoms with Gasteiger partial charge in [0.15, 0.2) is 5.82 Å². The Labute approximate surface area is 146 Å². The summed E-state index contributed by atoms with van der Waals surface area (Å²) in [4.78, 5) is 14.2. The van der Waals surface area contributed by atoms with Crippen molar-refractivity contribution in [2.45, 2.75) is 26.0 Å². The number of aliphatic hydroxyl groups is 1. The van der Waals surface area contributed by atoms with E-state index in [9.17, 15) is 9.90 Å². The fourth-order valence-electron chi connectivity index (χ4n) is 3.29. The van der Waals surface area contributed by atoms with E-state index in [2.05, 4.69) is 10.1 Å². The van der Waals surface area contributed by atoms with Crippen molar-refractivity contribution < 1.29 is 14.4 Å². The molecule has 1 N–H and O–H groups in total. The van der Waals surface area contributed by atoms with E-state index in [0.29, 0.717) is 18.3 Å². The van der Waals surface area contributed by atoms with E-state index in [1.54, 1.807) is 0 Å². The van der Waals surface area contributed by atoms with Gasteiger partial charge in [0.05, 0.1) is 19.3 Å². The fraction of sp³-hybridized carbons (Fsp3) is 0.556. The minimum Gasteiger partial charge on any atom is -0.390 e. The lowest BCUT2D eigenvalue weighted by molar-refractivity contribution is 0.0923. The third-order valence-electron chi connectivity index (χ3n) is 4.51. The molecule has 0 spiro atoms. The van der Waals surface area contributed by atoms with Crippen LogP contribution in [0.3, 0.4) is 0 Å². The number of likely N-dealkylation sites (tertiary alicyclic amines) is 1. The van der Waals surface area contributed by atoms with Crippen LogP contribution in [0.25, 0.3) is 11.4 Å². The Kier molecular flexibility index (Phi) is 6.01. The Balaban J connectivity index is 1.60. The van der Waals surface area contributed by atoms with Gasteiger partial charge in [0, 0.05) is 25.3 Å². The lowest BCUT2D eigenvalue weighted by Gasteiger charge is -2.20. The summed E-state index contributed by atoms with van der Waals surface area (Å²) in [7, 11) is 0. The van der Waals surface area contributed by atoms with Crippen LogP contribution in [-0.2, 0) is 11.3 Å². The Morgan fingerprint density at radius 3 is 2.92 bits per heavy atom. The number of nitrogens with zero attached hydrogens (tertiary/aromatic N) is 3. The molecule has 2 atom stereocenters. The van der Waals surface area contributed by atoms with E-state index < -0.39 is 11.9 Å². The van der Waals surface area contributed by atoms with E-state index in [-0.39, 0.29) is 6.54 Å². The van der Waals surface area contributed by atoms with Crippen molar-refractivity contribution in [1.82, 2.24) is 14.6 Å². The number of hydrogen-bond donors (Lipinski definition) is 1. The summed E-state index contributed by atoms with van der Waals surface area (Å²) in [6.45, 7) is 6.05. The average molecular weight is 347 g/mol. The summed E-state index contributed by atoms with van der Waals surface area (Å²) in [6.07, 6.45) is 0.417. The number of aromatic nitrogens is 2. The zero-order chi connectivity index (χ0) is 17.6. The first-order chi connectivity index (χ1) is 12.2. The maximum absolute atomic E-state index is 11.9. The van der Waals surface area contributed by atoms with Crippen LogP contribution in [0.2, 0.25) is 0 Å². The highest BCUT2D eigenvalue weighted by Gasteiger charge is 2.25. The number of aliphatic hydroxyl groups excluding tert-OH is 1. The van der Waals surface area contributed by atoms with Crippen LogP contribution in [0.5, 0.6) is 0 Å². The highest BCUT2D eigenvalue weighted by atomic mass is 16.5. The molecule has 7 nitrogen and oxygen atoms in total. The lowest BCUT2D eigenvalue weighted by atomic mass is 10.1. The van der Waals surface area contributed by atoms with Crippen molar-refractivity contribution in [1.29, 1.82) is 0 Å². The quantitative estimate of drug-likeness (QED) is 0.773. The summed E-state index contributed by atoms with van der Waals surface area (Å²) in [5, 5.41) is 14.3. The van der Waals surface area contributed by atoms with E-state index in [4.69, 9.17) is 9.26 Å². The van der Waals surface area contributed by atoms with Crippen molar-refractivity contribution in [3.8, 4) is 11.4 Å². The molecule has 0 amide bonds. The number of benzene rings is 1. The predicted molar refractivity (Wildman–Crippen MR) is 93.2 cm³/mol. The molecule has 2 aromatic rings. The molecular weight excluding hydrogens is 322 g/mol. The number of ether oxygens (including phenoxy) is 1. The van der Waals surface area contributed by atoms with Crippen LogP contribution in [-0.4, -0.2) is 58.7 Å². The van der Waals surface area contributed by atoms with Crippen LogP contribution in [0.4, 0.5) is 0 Å². The molecular formula is C18H25N3O4. The zero-order valence-corrected chi connectivity index (χ0v) is 14.5. The third kappa shape index (κ3) is 4.56. The van der Waals surface area contributed by atoms with Crippen LogP contribution < -0.4 is 5.76 Å². The van der Waals surface area contributed by atoms with Crippen LogP contribution in [0, 0.1) is 5.92 Å². The summed E-state index contributed by atoms with van der Waals surface area (Å²) in [5.41, 5.74) is 0.790. The molecule has 1 aliphatic rings. The molecule has 2 unspecified atom stereocenters. The molecule has 7 heteroatoms. The van der Waals surface area contributed by atoms with Gasteiger partial charge in [-0.05, 0) is 25.8 Å². The molecule has 136 valence electrons. The molecule has 1 aliphatic heterocycles. The van der Waals surface area contributed by atoms with Gasteiger partial charge in [-0.25, -0.2) is 4.79 Å². The Bertz CT molecular complexity index is 713. The van der Waals surface area contributed by atoms with Crippen molar-refractivity contribution >= 4 is 0 Å². The SMILES string of the molecule is CCOCC1CCN(CC(O)Cn2c(-c3ccccc3)noc2=O)C1. The van der Waals surface area contributed by atoms with Gasteiger partial charge in [-0.3, -0.25) is 9.09 Å². The topological polar surface area (TPSA) is 80.7 Å². The predicted octanol–water partition coefficient (Wildman–Crippen LogP) is 1.22. The first kappa shape index (κ1) is 17.8. The van der Waals surface area contributed by atoms with Crippen molar-refractivity contribution in [2.75, 3.05) is 32.8 Å². The number of rotatable bonds is 8. The maximum Gasteiger partial charge on any atom is 0.441 e. The average Bonchev–Trinajstić information content (AvgIpc) is 3.21. The molecule has 0 aliphatic carbocycles. The van der Waals surface area contributed by atoms with Gasteiger partial charge in [-0.15, -0.1) is 0 Å². The molecule has 2 heterocycles. The molecule has 1 fully saturated rings. The monoisotopic (exact) mass is 347 g/mol. The van der Waals surface area contributed by atoms with Crippen molar-refractivity contribution in [3.05, 3.63) is 40.9 Å². The van der Waals surface area contributed by atoms with Crippen molar-refractivity contribution in [3.63, 3.8) is 0 Å². The van der Waals surface area contributed by atoms with Crippen LogP contribution in [0.1, 0.15) is 13.3 Å². The minimum atomic E-state index is -0.662. The van der Waals surface area contributed by atoms with Gasteiger partial charge in [-0.1, -0.05) is 35.5 Å². The smallest absolute Gasteiger partial charge is 0.390 e. The molecule has 25 heavy (non-hydrogen) atoms. The second kappa shape index (κ2) is 8.42. The molecule has 0 bridgehead atoms. The highest BCUT2D eigenvalue weighted by molar-refractivity contribution is 5.54. The summed E-state index contributed by atoms with van der Waals surface area (Å²) in [5.74, 6) is 0.416. The minimum absolute atomic E-state index is 0.166. The Hall–Kier alpha value is -1.96. The van der Waals surface area contributed by atoms with E-state index in [0.717, 1.165) is 38.3 Å². The van der Waals surface area contributed by atoms with E-state index >= 15 is 0 Å². The molecule has 1 aromatic heterocycles. The summed E-state index contributed by atoms with van der Waals surface area (Å²) >= 11 is 0. The Morgan fingerprint density at radius 1 is 1.36 bits per heavy atom. The second-order valence-electron chi connectivity index (χ2n) is 6.48. The summed E-state index contributed by atoms with van der Waals surface area (Å²) in [6, 6.07) is 9.36.